The van der Waals surface area contributed by atoms with Crippen LogP contribution in [0.2, 0.25) is 0 Å². The molecule has 0 unspecified atom stereocenters. The first-order valence-corrected chi connectivity index (χ1v) is 3.43. The molecule has 0 aromatic heterocycles. The fraction of sp³-hybridized carbons (Fsp3) is 0.800. The highest BCUT2D eigenvalue weighted by atomic mass is 31.1. The normalized spacial score (nSPS) is 12.9. The molecule has 0 aromatic carbocycles. The number of hydrogen-bond acceptors (Lipinski definition) is 4. The maximum absolute atomic E-state index is 9.72. The maximum atomic E-state index is 9.72. The van der Waals surface area contributed by atoms with Crippen LogP contribution in [0.3, 0.4) is 0 Å². The average Bonchev–Trinajstić information content (AvgIpc) is 1.59. The lowest BCUT2D eigenvalue weighted by Gasteiger charge is -2.19. The van der Waals surface area contributed by atoms with Gasteiger partial charge < -0.3 is 9.84 Å². The van der Waals surface area contributed by atoms with E-state index >= 15 is 0 Å². The third-order valence-corrected chi connectivity index (χ3v) is 0.740. The zero-order chi connectivity index (χ0) is 8.20. The van der Waals surface area contributed by atoms with Crippen molar-refractivity contribution < 1.29 is 18.9 Å². The smallest absolute Gasteiger partial charge is 0.336 e. The quantitative estimate of drug-likeness (QED) is 0.648. The van der Waals surface area contributed by atoms with Crippen LogP contribution < -0.4 is 0 Å². The van der Waals surface area contributed by atoms with E-state index < -0.39 is 20.8 Å². The highest BCUT2D eigenvalue weighted by Crippen LogP contribution is 2.17. The van der Waals surface area contributed by atoms with Gasteiger partial charge in [0.15, 0.2) is 0 Å². The van der Waals surface area contributed by atoms with E-state index in [-0.39, 0.29) is 0 Å². The maximum Gasteiger partial charge on any atom is 0.379 e. The second-order valence-corrected chi connectivity index (χ2v) is 2.98. The third kappa shape index (κ3) is 6.11. The van der Waals surface area contributed by atoms with Crippen LogP contribution in [0.25, 0.3) is 0 Å². The zero-order valence-electron chi connectivity index (χ0n) is 6.12. The first-order valence-electron chi connectivity index (χ1n) is 2.70. The highest BCUT2D eigenvalue weighted by molar-refractivity contribution is 7.17. The van der Waals surface area contributed by atoms with Crippen LogP contribution in [0.15, 0.2) is 0 Å². The van der Waals surface area contributed by atoms with Crippen molar-refractivity contribution in [1.29, 1.82) is 0 Å². The Hall–Kier alpha value is -0.0200. The van der Waals surface area contributed by atoms with Crippen LogP contribution in [0, 0.1) is 6.48 Å². The monoisotopic (exact) mass is 165 g/mol. The summed E-state index contributed by atoms with van der Waals surface area (Å²) < 4.78 is 18.5. The van der Waals surface area contributed by atoms with Crippen LogP contribution in [-0.2, 0) is 13.8 Å². The molecule has 0 saturated heterocycles. The van der Waals surface area contributed by atoms with Crippen LogP contribution in [0.4, 0.5) is 0 Å². The fourth-order valence-electron chi connectivity index (χ4n) is 0.312. The van der Waals surface area contributed by atoms with Gasteiger partial charge in [0.1, 0.15) is 0 Å². The van der Waals surface area contributed by atoms with Crippen molar-refractivity contribution in [3.63, 3.8) is 0 Å². The third-order valence-electron chi connectivity index (χ3n) is 0.509. The summed E-state index contributed by atoms with van der Waals surface area (Å²) in [7, 11) is -0.625. The van der Waals surface area contributed by atoms with Crippen molar-refractivity contribution >= 4 is 8.69 Å². The Balaban J connectivity index is 3.56. The lowest BCUT2D eigenvalue weighted by atomic mass is 10.2. The lowest BCUT2D eigenvalue weighted by Crippen LogP contribution is -2.22. The summed E-state index contributed by atoms with van der Waals surface area (Å²) in [6.45, 7) is 4.51. The summed E-state index contributed by atoms with van der Waals surface area (Å²) in [4.78, 5) is 0. The van der Waals surface area contributed by atoms with Crippen LogP contribution in [-0.4, -0.2) is 10.7 Å². The van der Waals surface area contributed by atoms with Crippen molar-refractivity contribution in [3.8, 4) is 0 Å². The molecule has 0 saturated carbocycles. The molecule has 0 atom stereocenters. The molecule has 0 amide bonds. The minimum atomic E-state index is -0.677. The molecular weight excluding hydrogens is 155 g/mol. The summed E-state index contributed by atoms with van der Waals surface area (Å²) in [6, 6.07) is 0. The molecule has 0 bridgehead atoms. The predicted octanol–water partition coefficient (Wildman–Crippen LogP) is 1.84. The number of aliphatic hydroxyl groups excluding tert-OH is 1. The fourth-order valence-corrected chi connectivity index (χ4v) is 0.413. The summed E-state index contributed by atoms with van der Waals surface area (Å²) >= 11 is 0. The van der Waals surface area contributed by atoms with Gasteiger partial charge in [-0.05, 0) is 20.8 Å². The molecule has 4 nitrogen and oxygen atoms in total. The summed E-state index contributed by atoms with van der Waals surface area (Å²) in [5, 5.41) is 8.65. The standard InChI is InChI=1S/C5H10O4P/c1-5(2,3)8-4(6)9-10-7/h6H,1-3H3. The first-order chi connectivity index (χ1) is 4.45. The van der Waals surface area contributed by atoms with Crippen LogP contribution in [0.5, 0.6) is 0 Å². The van der Waals surface area contributed by atoms with Gasteiger partial charge in [0.05, 0.1) is 5.60 Å². The predicted molar refractivity (Wildman–Crippen MR) is 34.7 cm³/mol. The molecule has 1 N–H and O–H groups in total. The molecule has 10 heavy (non-hydrogen) atoms. The Morgan fingerprint density at radius 3 is 2.30 bits per heavy atom. The van der Waals surface area contributed by atoms with Crippen LogP contribution >= 0.6 is 8.69 Å². The van der Waals surface area contributed by atoms with Gasteiger partial charge >= 0.3 is 15.2 Å². The molecular formula is C5H10O4P. The minimum absolute atomic E-state index is 0.533. The molecule has 5 heteroatoms. The van der Waals surface area contributed by atoms with Crippen molar-refractivity contribution in [1.82, 2.24) is 0 Å². The van der Waals surface area contributed by atoms with Crippen LogP contribution in [0.1, 0.15) is 20.8 Å². The Bertz CT molecular complexity index is 109. The Kier molecular flexibility index (Phi) is 3.98. The molecule has 1 radical (unpaired) electrons. The average molecular weight is 165 g/mol. The van der Waals surface area contributed by atoms with Gasteiger partial charge in [0, 0.05) is 0 Å². The van der Waals surface area contributed by atoms with Gasteiger partial charge in [-0.25, -0.2) is 9.09 Å². The number of ether oxygens (including phenoxy) is 1. The van der Waals surface area contributed by atoms with E-state index in [0.717, 1.165) is 0 Å². The van der Waals surface area contributed by atoms with Gasteiger partial charge in [-0.3, -0.25) is 0 Å². The van der Waals surface area contributed by atoms with Crippen molar-refractivity contribution in [2.75, 3.05) is 0 Å². The van der Waals surface area contributed by atoms with E-state index in [4.69, 9.17) is 9.84 Å². The molecule has 0 heterocycles. The molecule has 0 aromatic rings. The van der Waals surface area contributed by atoms with Gasteiger partial charge in [-0.1, -0.05) is 0 Å². The van der Waals surface area contributed by atoms with Crippen molar-refractivity contribution in [2.45, 2.75) is 26.4 Å². The van der Waals surface area contributed by atoms with E-state index in [1.807, 2.05) is 0 Å². The SMILES string of the molecule is CC(C)(C)O[C](O)OP=O. The number of aliphatic hydroxyl groups is 1. The second-order valence-electron chi connectivity index (χ2n) is 2.65. The Morgan fingerprint density at radius 2 is 2.00 bits per heavy atom. The second kappa shape index (κ2) is 3.98. The topological polar surface area (TPSA) is 55.8 Å². The molecule has 0 rings (SSSR count). The van der Waals surface area contributed by atoms with Gasteiger partial charge in [0.25, 0.3) is 0 Å². The molecule has 0 aliphatic heterocycles. The van der Waals surface area contributed by atoms with E-state index in [2.05, 4.69) is 4.52 Å². The van der Waals surface area contributed by atoms with Gasteiger partial charge in [-0.2, -0.15) is 0 Å². The van der Waals surface area contributed by atoms with E-state index in [9.17, 15) is 4.57 Å². The Labute approximate surface area is 61.4 Å². The van der Waals surface area contributed by atoms with Crippen molar-refractivity contribution in [2.24, 2.45) is 0 Å². The number of rotatable bonds is 3. The van der Waals surface area contributed by atoms with E-state index in [1.54, 1.807) is 20.8 Å². The molecule has 0 aliphatic carbocycles. The molecule has 0 spiro atoms. The Morgan fingerprint density at radius 1 is 1.50 bits per heavy atom. The summed E-state index contributed by atoms with van der Waals surface area (Å²) in [5.74, 6) is 0. The first kappa shape index (κ1) is 9.98. The zero-order valence-corrected chi connectivity index (χ0v) is 7.01. The van der Waals surface area contributed by atoms with Gasteiger partial charge in [-0.15, -0.1) is 0 Å². The summed E-state index contributed by atoms with van der Waals surface area (Å²) in [6.07, 6.45) is 0. The number of hydrogen-bond donors (Lipinski definition) is 1. The molecule has 59 valence electrons. The largest absolute Gasteiger partial charge is 0.379 e. The lowest BCUT2D eigenvalue weighted by molar-refractivity contribution is -0.159. The van der Waals surface area contributed by atoms with E-state index in [0.29, 0.717) is 0 Å². The van der Waals surface area contributed by atoms with E-state index in [1.165, 1.54) is 0 Å². The van der Waals surface area contributed by atoms with Gasteiger partial charge in [0.2, 0.25) is 0 Å². The molecule has 0 aliphatic rings. The molecule has 0 fully saturated rings. The highest BCUT2D eigenvalue weighted by Gasteiger charge is 2.18. The summed E-state index contributed by atoms with van der Waals surface area (Å²) in [5.41, 5.74) is -0.533. The van der Waals surface area contributed by atoms with Crippen molar-refractivity contribution in [3.05, 3.63) is 6.48 Å². The minimum Gasteiger partial charge on any atom is -0.336 e.